The van der Waals surface area contributed by atoms with Crippen LogP contribution in [0.5, 0.6) is 5.75 Å². The van der Waals surface area contributed by atoms with Crippen molar-refractivity contribution in [1.82, 2.24) is 0 Å². The van der Waals surface area contributed by atoms with Gasteiger partial charge >= 0.3 is 14.2 Å². The Labute approximate surface area is 152 Å². The molecule has 2 N–H and O–H groups in total. The summed E-state index contributed by atoms with van der Waals surface area (Å²) in [5, 5.41) is 0. The van der Waals surface area contributed by atoms with E-state index in [1.54, 1.807) is 12.1 Å². The van der Waals surface area contributed by atoms with Crippen molar-refractivity contribution < 1.29 is 27.9 Å². The van der Waals surface area contributed by atoms with E-state index in [9.17, 15) is 14.2 Å². The number of nitrogens with two attached hydrogens (primary N) is 1. The van der Waals surface area contributed by atoms with Crippen molar-refractivity contribution in [3.8, 4) is 5.75 Å². The number of carbonyl (C=O) groups is 2. The number of rotatable bonds is 9. The lowest BCUT2D eigenvalue weighted by Gasteiger charge is -2.06. The zero-order valence-electron chi connectivity index (χ0n) is 14.2. The van der Waals surface area contributed by atoms with Gasteiger partial charge in [-0.3, -0.25) is 4.79 Å². The van der Waals surface area contributed by atoms with Crippen LogP contribution in [0, 0.1) is 0 Å². The number of esters is 1. The van der Waals surface area contributed by atoms with E-state index in [4.69, 9.17) is 19.5 Å². The molecule has 2 aromatic rings. The lowest BCUT2D eigenvalue weighted by molar-refractivity contribution is -0.121. The summed E-state index contributed by atoms with van der Waals surface area (Å²) in [5.41, 5.74) is 6.34. The van der Waals surface area contributed by atoms with Crippen molar-refractivity contribution in [2.75, 3.05) is 6.61 Å². The first-order chi connectivity index (χ1) is 12.5. The molecule has 2 atom stereocenters. The molecule has 26 heavy (non-hydrogen) atoms. The molecule has 0 radical (unpaired) electrons. The van der Waals surface area contributed by atoms with E-state index in [1.165, 1.54) is 19.1 Å². The number of benzene rings is 2. The standard InChI is InChI=1S/C18H19NO6P/c1-13(19)16(20)12-24-26(22)25-17-10-6-5-9-15(17)18(21)23-11-14-7-3-2-4-8-14/h2-10,13H,11-12,19H2,1H3/q+1/t13-/m0/s1. The molecule has 2 aromatic carbocycles. The van der Waals surface area contributed by atoms with Crippen molar-refractivity contribution in [3.63, 3.8) is 0 Å². The molecule has 2 rings (SSSR count). The van der Waals surface area contributed by atoms with Gasteiger partial charge in [-0.05, 0) is 24.6 Å². The molecule has 8 heteroatoms. The van der Waals surface area contributed by atoms with Gasteiger partial charge in [0, 0.05) is 4.57 Å². The van der Waals surface area contributed by atoms with E-state index in [-0.39, 0.29) is 17.9 Å². The summed E-state index contributed by atoms with van der Waals surface area (Å²) < 4.78 is 27.1. The summed E-state index contributed by atoms with van der Waals surface area (Å²) >= 11 is 0. The maximum Gasteiger partial charge on any atom is 0.750 e. The summed E-state index contributed by atoms with van der Waals surface area (Å²) in [7, 11) is -2.64. The van der Waals surface area contributed by atoms with Crippen molar-refractivity contribution >= 4 is 20.0 Å². The third-order valence-electron chi connectivity index (χ3n) is 3.31. The monoisotopic (exact) mass is 376 g/mol. The number of ether oxygens (including phenoxy) is 1. The average molecular weight is 376 g/mol. The SMILES string of the molecule is C[C@H](N)C(=O)CO[P+](=O)Oc1ccccc1C(=O)OCc1ccccc1. The molecule has 0 spiro atoms. The van der Waals surface area contributed by atoms with E-state index in [1.807, 2.05) is 30.3 Å². The Kier molecular flexibility index (Phi) is 7.41. The molecule has 0 aliphatic heterocycles. The van der Waals surface area contributed by atoms with Crippen molar-refractivity contribution in [2.24, 2.45) is 5.73 Å². The van der Waals surface area contributed by atoms with Crippen LogP contribution in [-0.4, -0.2) is 24.4 Å². The smallest absolute Gasteiger partial charge is 0.457 e. The minimum atomic E-state index is -2.64. The molecule has 0 heterocycles. The van der Waals surface area contributed by atoms with Crippen LogP contribution in [0.3, 0.4) is 0 Å². The fourth-order valence-electron chi connectivity index (χ4n) is 1.87. The molecule has 0 aromatic heterocycles. The van der Waals surface area contributed by atoms with E-state index in [0.717, 1.165) is 5.56 Å². The Morgan fingerprint density at radius 2 is 1.73 bits per heavy atom. The van der Waals surface area contributed by atoms with Gasteiger partial charge in [0.2, 0.25) is 5.75 Å². The summed E-state index contributed by atoms with van der Waals surface area (Å²) in [4.78, 5) is 23.7. The van der Waals surface area contributed by atoms with Crippen LogP contribution >= 0.6 is 8.25 Å². The van der Waals surface area contributed by atoms with Crippen LogP contribution in [-0.2, 0) is 25.2 Å². The first-order valence-corrected chi connectivity index (χ1v) is 8.93. The van der Waals surface area contributed by atoms with Gasteiger partial charge in [-0.15, -0.1) is 4.52 Å². The Morgan fingerprint density at radius 1 is 1.08 bits per heavy atom. The fraction of sp³-hybridized carbons (Fsp3) is 0.222. The second kappa shape index (κ2) is 9.77. The molecule has 0 fully saturated rings. The van der Waals surface area contributed by atoms with E-state index < -0.39 is 32.7 Å². The lowest BCUT2D eigenvalue weighted by atomic mass is 10.2. The highest BCUT2D eigenvalue weighted by Gasteiger charge is 2.28. The summed E-state index contributed by atoms with van der Waals surface area (Å²) in [5.74, 6) is -0.994. The Morgan fingerprint density at radius 3 is 2.42 bits per heavy atom. The average Bonchev–Trinajstić information content (AvgIpc) is 2.65. The van der Waals surface area contributed by atoms with Gasteiger partial charge in [0.05, 0.1) is 6.04 Å². The molecule has 7 nitrogen and oxygen atoms in total. The Bertz CT molecular complexity index is 778. The molecule has 0 bridgehead atoms. The van der Waals surface area contributed by atoms with E-state index in [0.29, 0.717) is 0 Å². The molecular weight excluding hydrogens is 357 g/mol. The van der Waals surface area contributed by atoms with Gasteiger partial charge in [-0.1, -0.05) is 42.5 Å². The molecule has 0 saturated heterocycles. The molecule has 1 unspecified atom stereocenters. The molecule has 0 amide bonds. The maximum absolute atomic E-state index is 12.3. The van der Waals surface area contributed by atoms with Crippen LogP contribution in [0.2, 0.25) is 0 Å². The van der Waals surface area contributed by atoms with Crippen LogP contribution in [0.1, 0.15) is 22.8 Å². The highest BCUT2D eigenvalue weighted by Crippen LogP contribution is 2.31. The molecule has 0 saturated carbocycles. The van der Waals surface area contributed by atoms with Gasteiger partial charge in [-0.2, -0.15) is 0 Å². The van der Waals surface area contributed by atoms with Gasteiger partial charge in [-0.25, -0.2) is 9.32 Å². The zero-order chi connectivity index (χ0) is 18.9. The van der Waals surface area contributed by atoms with Crippen LogP contribution in [0.25, 0.3) is 0 Å². The second-order valence-electron chi connectivity index (χ2n) is 5.40. The fourth-order valence-corrected chi connectivity index (χ4v) is 2.48. The third-order valence-corrected chi connectivity index (χ3v) is 4.00. The Hall–Kier alpha value is -2.60. The van der Waals surface area contributed by atoms with Crippen molar-refractivity contribution in [2.45, 2.75) is 19.6 Å². The summed E-state index contributed by atoms with van der Waals surface area (Å²) in [6.07, 6.45) is 0. The van der Waals surface area contributed by atoms with Gasteiger partial charge < -0.3 is 10.5 Å². The number of para-hydroxylation sites is 1. The highest BCUT2D eigenvalue weighted by atomic mass is 31.1. The molecule has 0 aliphatic rings. The van der Waals surface area contributed by atoms with E-state index in [2.05, 4.69) is 0 Å². The van der Waals surface area contributed by atoms with Crippen molar-refractivity contribution in [1.29, 1.82) is 0 Å². The normalized spacial score (nSPS) is 12.2. The molecular formula is C18H19NO6P+. The number of ketones is 1. The van der Waals surface area contributed by atoms with Gasteiger partial charge in [0.1, 0.15) is 12.2 Å². The first kappa shape index (κ1) is 19.7. The van der Waals surface area contributed by atoms with E-state index >= 15 is 0 Å². The van der Waals surface area contributed by atoms with Crippen LogP contribution < -0.4 is 10.3 Å². The number of carbonyl (C=O) groups excluding carboxylic acids is 2. The molecule has 0 aliphatic carbocycles. The lowest BCUT2D eigenvalue weighted by Crippen LogP contribution is -2.29. The number of Topliss-reactive ketones (excluding diaryl/α,β-unsaturated/α-hetero) is 1. The highest BCUT2D eigenvalue weighted by molar-refractivity contribution is 7.33. The summed E-state index contributed by atoms with van der Waals surface area (Å²) in [6, 6.07) is 14.7. The molecule has 136 valence electrons. The third kappa shape index (κ3) is 6.04. The number of hydrogen-bond acceptors (Lipinski definition) is 7. The zero-order valence-corrected chi connectivity index (χ0v) is 15.1. The minimum absolute atomic E-state index is 0.0416. The predicted molar refractivity (Wildman–Crippen MR) is 94.8 cm³/mol. The van der Waals surface area contributed by atoms with Gasteiger partial charge in [0.25, 0.3) is 0 Å². The van der Waals surface area contributed by atoms with Crippen molar-refractivity contribution in [3.05, 3.63) is 65.7 Å². The largest absolute Gasteiger partial charge is 0.750 e. The second-order valence-corrected chi connectivity index (χ2v) is 6.29. The summed E-state index contributed by atoms with van der Waals surface area (Å²) in [6.45, 7) is 1.16. The maximum atomic E-state index is 12.3. The quantitative estimate of drug-likeness (QED) is 0.530. The predicted octanol–water partition coefficient (Wildman–Crippen LogP) is 3.01. The minimum Gasteiger partial charge on any atom is -0.457 e. The van der Waals surface area contributed by atoms with Gasteiger partial charge in [0.15, 0.2) is 12.4 Å². The first-order valence-electron chi connectivity index (χ1n) is 7.84. The Balaban J connectivity index is 1.97. The van der Waals surface area contributed by atoms with Crippen LogP contribution in [0.4, 0.5) is 0 Å². The topological polar surface area (TPSA) is 105 Å². The number of hydrogen-bond donors (Lipinski definition) is 1. The van der Waals surface area contributed by atoms with Crippen LogP contribution in [0.15, 0.2) is 54.6 Å².